The zero-order valence-electron chi connectivity index (χ0n) is 13.9. The van der Waals surface area contributed by atoms with E-state index in [4.69, 9.17) is 4.74 Å². The number of nitrogens with one attached hydrogen (secondary N) is 2. The number of aromatic amines is 1. The van der Waals surface area contributed by atoms with Gasteiger partial charge in [0.2, 0.25) is 0 Å². The molecule has 0 spiro atoms. The Morgan fingerprint density at radius 2 is 2.04 bits per heavy atom. The number of pyridine rings is 1. The largest absolute Gasteiger partial charge is 0.381 e. The number of nitrogens with zero attached hydrogens (tertiary/aromatic N) is 1. The minimum Gasteiger partial charge on any atom is -0.381 e. The van der Waals surface area contributed by atoms with Crippen molar-refractivity contribution >= 4 is 16.8 Å². The van der Waals surface area contributed by atoms with Gasteiger partial charge in [-0.2, -0.15) is 0 Å². The summed E-state index contributed by atoms with van der Waals surface area (Å²) >= 11 is 0. The number of carbonyl (C=O) groups excluding carboxylic acids is 1. The van der Waals surface area contributed by atoms with E-state index in [2.05, 4.69) is 15.3 Å². The monoisotopic (exact) mass is 335 g/mol. The van der Waals surface area contributed by atoms with Crippen LogP contribution >= 0.6 is 0 Å². The van der Waals surface area contributed by atoms with E-state index >= 15 is 0 Å². The maximum atomic E-state index is 13.0. The molecule has 0 bridgehead atoms. The topological polar surface area (TPSA) is 67.0 Å². The van der Waals surface area contributed by atoms with E-state index in [-0.39, 0.29) is 11.9 Å². The Hall–Kier alpha value is -2.66. The summed E-state index contributed by atoms with van der Waals surface area (Å²) in [6, 6.07) is 11.7. The van der Waals surface area contributed by atoms with Crippen LogP contribution in [0.4, 0.5) is 0 Å². The minimum atomic E-state index is -0.0576. The fourth-order valence-corrected chi connectivity index (χ4v) is 3.56. The summed E-state index contributed by atoms with van der Waals surface area (Å²) in [5.41, 5.74) is 2.69. The first-order valence-electron chi connectivity index (χ1n) is 8.67. The molecule has 1 saturated heterocycles. The Morgan fingerprint density at radius 3 is 2.84 bits per heavy atom. The van der Waals surface area contributed by atoms with Crippen LogP contribution in [-0.2, 0) is 4.74 Å². The van der Waals surface area contributed by atoms with Crippen molar-refractivity contribution in [1.82, 2.24) is 15.3 Å². The molecule has 1 unspecified atom stereocenters. The van der Waals surface area contributed by atoms with Crippen LogP contribution < -0.4 is 5.32 Å². The van der Waals surface area contributed by atoms with Gasteiger partial charge in [0, 0.05) is 42.7 Å². The zero-order chi connectivity index (χ0) is 17.1. The first-order chi connectivity index (χ1) is 12.3. The van der Waals surface area contributed by atoms with E-state index in [0.717, 1.165) is 42.5 Å². The number of benzene rings is 1. The molecule has 2 N–H and O–H groups in total. The van der Waals surface area contributed by atoms with Crippen molar-refractivity contribution < 1.29 is 9.53 Å². The third kappa shape index (κ3) is 3.28. The highest BCUT2D eigenvalue weighted by Crippen LogP contribution is 2.30. The van der Waals surface area contributed by atoms with Gasteiger partial charge in [-0.05, 0) is 36.5 Å². The Morgan fingerprint density at radius 1 is 1.20 bits per heavy atom. The van der Waals surface area contributed by atoms with Crippen LogP contribution in [-0.4, -0.2) is 29.1 Å². The van der Waals surface area contributed by atoms with E-state index in [0.29, 0.717) is 11.5 Å². The van der Waals surface area contributed by atoms with E-state index in [9.17, 15) is 4.79 Å². The Kier molecular flexibility index (Phi) is 4.48. The molecule has 1 aromatic carbocycles. The number of fused-ring (bicyclic) bond motifs is 1. The van der Waals surface area contributed by atoms with Gasteiger partial charge in [0.15, 0.2) is 0 Å². The molecule has 25 heavy (non-hydrogen) atoms. The van der Waals surface area contributed by atoms with Crippen molar-refractivity contribution in [2.75, 3.05) is 13.2 Å². The Balaban J connectivity index is 1.62. The predicted octanol–water partition coefficient (Wildman–Crippen LogP) is 3.46. The molecule has 1 fully saturated rings. The maximum absolute atomic E-state index is 13.0. The molecule has 3 aromatic rings. The first kappa shape index (κ1) is 15.8. The van der Waals surface area contributed by atoms with Crippen LogP contribution in [0.3, 0.4) is 0 Å². The van der Waals surface area contributed by atoms with Crippen LogP contribution in [0.25, 0.3) is 10.9 Å². The molecule has 1 amide bonds. The molecule has 1 aliphatic heterocycles. The number of hydrogen-bond acceptors (Lipinski definition) is 3. The van der Waals surface area contributed by atoms with Crippen molar-refractivity contribution in [2.45, 2.75) is 18.9 Å². The number of para-hydroxylation sites is 1. The highest BCUT2D eigenvalue weighted by molar-refractivity contribution is 6.06. The summed E-state index contributed by atoms with van der Waals surface area (Å²) in [7, 11) is 0. The number of H-pyrrole nitrogens is 1. The van der Waals surface area contributed by atoms with Gasteiger partial charge in [-0.15, -0.1) is 0 Å². The lowest BCUT2D eigenvalue weighted by Gasteiger charge is -2.31. The highest BCUT2D eigenvalue weighted by atomic mass is 16.5. The predicted molar refractivity (Wildman–Crippen MR) is 96.3 cm³/mol. The molecule has 1 atom stereocenters. The van der Waals surface area contributed by atoms with Crippen LogP contribution in [0.2, 0.25) is 0 Å². The molecule has 5 nitrogen and oxygen atoms in total. The summed E-state index contributed by atoms with van der Waals surface area (Å²) in [4.78, 5) is 20.4. The van der Waals surface area contributed by atoms with Crippen molar-refractivity contribution in [3.63, 3.8) is 0 Å². The SMILES string of the molecule is O=C(NC(c1cccnc1)C1CCOCC1)c1c[nH]c2ccccc12. The molecule has 0 saturated carbocycles. The van der Waals surface area contributed by atoms with Gasteiger partial charge >= 0.3 is 0 Å². The summed E-state index contributed by atoms with van der Waals surface area (Å²) in [6.07, 6.45) is 7.26. The van der Waals surface area contributed by atoms with Crippen LogP contribution in [0.5, 0.6) is 0 Å². The van der Waals surface area contributed by atoms with Crippen molar-refractivity contribution in [3.05, 3.63) is 66.1 Å². The third-order valence-corrected chi connectivity index (χ3v) is 4.90. The molecule has 128 valence electrons. The lowest BCUT2D eigenvalue weighted by molar-refractivity contribution is 0.0514. The number of ether oxygens (including phenoxy) is 1. The smallest absolute Gasteiger partial charge is 0.253 e. The van der Waals surface area contributed by atoms with Crippen molar-refractivity contribution in [2.24, 2.45) is 5.92 Å². The summed E-state index contributed by atoms with van der Waals surface area (Å²) < 4.78 is 5.49. The number of carbonyl (C=O) groups is 1. The van der Waals surface area contributed by atoms with Gasteiger partial charge in [0.25, 0.3) is 5.91 Å². The zero-order valence-corrected chi connectivity index (χ0v) is 13.9. The molecule has 1 aliphatic rings. The second-order valence-electron chi connectivity index (χ2n) is 6.44. The van der Waals surface area contributed by atoms with Gasteiger partial charge in [-0.25, -0.2) is 0 Å². The van der Waals surface area contributed by atoms with Crippen molar-refractivity contribution in [3.8, 4) is 0 Å². The summed E-state index contributed by atoms with van der Waals surface area (Å²) in [5.74, 6) is 0.296. The fourth-order valence-electron chi connectivity index (χ4n) is 3.56. The fraction of sp³-hybridized carbons (Fsp3) is 0.300. The van der Waals surface area contributed by atoms with Crippen LogP contribution in [0, 0.1) is 5.92 Å². The number of hydrogen-bond donors (Lipinski definition) is 2. The minimum absolute atomic E-state index is 0.0567. The molecule has 3 heterocycles. The van der Waals surface area contributed by atoms with Gasteiger partial charge in [0.05, 0.1) is 11.6 Å². The normalized spacial score (nSPS) is 16.6. The van der Waals surface area contributed by atoms with Crippen molar-refractivity contribution in [1.29, 1.82) is 0 Å². The number of aromatic nitrogens is 2. The lowest BCUT2D eigenvalue weighted by atomic mass is 9.87. The molecular formula is C20H21N3O2. The quantitative estimate of drug-likeness (QED) is 0.767. The van der Waals surface area contributed by atoms with E-state index in [1.54, 1.807) is 12.4 Å². The molecule has 4 rings (SSSR count). The standard InChI is InChI=1S/C20H21N3O2/c24-20(17-13-22-18-6-2-1-5-16(17)18)23-19(14-7-10-25-11-8-14)15-4-3-9-21-12-15/h1-6,9,12-14,19,22H,7-8,10-11H2,(H,23,24). The highest BCUT2D eigenvalue weighted by Gasteiger charge is 2.28. The second kappa shape index (κ2) is 7.07. The van der Waals surface area contributed by atoms with E-state index < -0.39 is 0 Å². The van der Waals surface area contributed by atoms with Gasteiger partial charge in [-0.1, -0.05) is 24.3 Å². The average Bonchev–Trinajstić information content (AvgIpc) is 3.11. The summed E-state index contributed by atoms with van der Waals surface area (Å²) in [6.45, 7) is 1.48. The molecule has 2 aromatic heterocycles. The number of amides is 1. The van der Waals surface area contributed by atoms with Crippen LogP contribution in [0.1, 0.15) is 34.8 Å². The second-order valence-corrected chi connectivity index (χ2v) is 6.44. The van der Waals surface area contributed by atoms with E-state index in [1.165, 1.54) is 0 Å². The number of rotatable bonds is 4. The van der Waals surface area contributed by atoms with Gasteiger partial charge in [0.1, 0.15) is 0 Å². The molecule has 0 aliphatic carbocycles. The molecule has 5 heteroatoms. The molecule has 0 radical (unpaired) electrons. The summed E-state index contributed by atoms with van der Waals surface area (Å²) in [5, 5.41) is 4.18. The van der Waals surface area contributed by atoms with Gasteiger partial charge in [-0.3, -0.25) is 9.78 Å². The lowest BCUT2D eigenvalue weighted by Crippen LogP contribution is -2.36. The maximum Gasteiger partial charge on any atom is 0.253 e. The van der Waals surface area contributed by atoms with Crippen LogP contribution in [0.15, 0.2) is 55.0 Å². The molecular weight excluding hydrogens is 314 g/mol. The third-order valence-electron chi connectivity index (χ3n) is 4.90. The Labute approximate surface area is 146 Å². The van der Waals surface area contributed by atoms with Gasteiger partial charge < -0.3 is 15.0 Å². The first-order valence-corrected chi connectivity index (χ1v) is 8.67. The Bertz CT molecular complexity index is 854. The van der Waals surface area contributed by atoms with E-state index in [1.807, 2.05) is 42.6 Å². The average molecular weight is 335 g/mol.